The Morgan fingerprint density at radius 1 is 1.42 bits per heavy atom. The van der Waals surface area contributed by atoms with Crippen molar-refractivity contribution in [3.63, 3.8) is 0 Å². The fourth-order valence-electron chi connectivity index (χ4n) is 0.576. The number of rotatable bonds is 2. The van der Waals surface area contributed by atoms with Crippen LogP contribution in [0, 0.1) is 6.92 Å². The van der Waals surface area contributed by atoms with Crippen LogP contribution in [0.4, 0.5) is 6.01 Å². The van der Waals surface area contributed by atoms with Crippen LogP contribution in [0.3, 0.4) is 0 Å². The van der Waals surface area contributed by atoms with Crippen molar-refractivity contribution < 1.29 is 4.52 Å². The molecule has 0 fully saturated rings. The summed E-state index contributed by atoms with van der Waals surface area (Å²) in [6, 6.07) is 0.583. The normalized spacial score (nSPS) is 8.75. The molecule has 70 valence electrons. The SMILES string of the molecule is CC.CCN(C)c1nc(C)no1. The number of hydrogen-bond acceptors (Lipinski definition) is 4. The summed E-state index contributed by atoms with van der Waals surface area (Å²) in [6.07, 6.45) is 0. The molecule has 1 heterocycles. The average Bonchev–Trinajstić information content (AvgIpc) is 2.54. The van der Waals surface area contributed by atoms with Crippen LogP contribution in [0.2, 0.25) is 0 Å². The molecule has 1 aromatic rings. The van der Waals surface area contributed by atoms with Crippen LogP contribution in [0.1, 0.15) is 26.6 Å². The second-order valence-electron chi connectivity index (χ2n) is 2.14. The van der Waals surface area contributed by atoms with Crippen molar-refractivity contribution in [3.8, 4) is 0 Å². The summed E-state index contributed by atoms with van der Waals surface area (Å²) in [6.45, 7) is 8.71. The van der Waals surface area contributed by atoms with E-state index in [2.05, 4.69) is 10.1 Å². The Hall–Kier alpha value is -1.06. The first-order valence-corrected chi connectivity index (χ1v) is 4.25. The van der Waals surface area contributed by atoms with Crippen LogP contribution in [0.5, 0.6) is 0 Å². The van der Waals surface area contributed by atoms with Crippen molar-refractivity contribution in [2.75, 3.05) is 18.5 Å². The molecule has 12 heavy (non-hydrogen) atoms. The van der Waals surface area contributed by atoms with Gasteiger partial charge < -0.3 is 9.42 Å². The second-order valence-corrected chi connectivity index (χ2v) is 2.14. The Morgan fingerprint density at radius 2 is 2.00 bits per heavy atom. The van der Waals surface area contributed by atoms with E-state index in [0.29, 0.717) is 11.8 Å². The van der Waals surface area contributed by atoms with Crippen molar-refractivity contribution >= 4 is 6.01 Å². The van der Waals surface area contributed by atoms with E-state index in [0.717, 1.165) is 6.54 Å². The lowest BCUT2D eigenvalue weighted by molar-refractivity contribution is 0.414. The Balaban J connectivity index is 0.000000561. The first kappa shape index (κ1) is 10.9. The molecule has 0 radical (unpaired) electrons. The van der Waals surface area contributed by atoms with Gasteiger partial charge >= 0.3 is 6.01 Å². The van der Waals surface area contributed by atoms with E-state index in [1.54, 1.807) is 6.92 Å². The van der Waals surface area contributed by atoms with Crippen molar-refractivity contribution in [2.24, 2.45) is 0 Å². The van der Waals surface area contributed by atoms with Gasteiger partial charge in [0.2, 0.25) is 0 Å². The molecule has 4 nitrogen and oxygen atoms in total. The largest absolute Gasteiger partial charge is 0.328 e. The Kier molecular flexibility index (Phi) is 5.08. The topological polar surface area (TPSA) is 42.2 Å². The van der Waals surface area contributed by atoms with E-state index in [-0.39, 0.29) is 0 Å². The van der Waals surface area contributed by atoms with Gasteiger partial charge in [0.1, 0.15) is 0 Å². The molecule has 0 aliphatic carbocycles. The van der Waals surface area contributed by atoms with Gasteiger partial charge in [-0.2, -0.15) is 4.98 Å². The molecule has 0 saturated carbocycles. The molecular weight excluding hydrogens is 154 g/mol. The van der Waals surface area contributed by atoms with Crippen LogP contribution in [-0.4, -0.2) is 23.7 Å². The van der Waals surface area contributed by atoms with Crippen molar-refractivity contribution in [1.82, 2.24) is 10.1 Å². The molecule has 0 aromatic carbocycles. The van der Waals surface area contributed by atoms with Gasteiger partial charge in [0.15, 0.2) is 5.82 Å². The number of aryl methyl sites for hydroxylation is 1. The first-order chi connectivity index (χ1) is 5.74. The molecule has 1 aromatic heterocycles. The number of hydrogen-bond donors (Lipinski definition) is 0. The van der Waals surface area contributed by atoms with Crippen LogP contribution in [-0.2, 0) is 0 Å². The average molecular weight is 171 g/mol. The van der Waals surface area contributed by atoms with Gasteiger partial charge in [-0.3, -0.25) is 0 Å². The number of aromatic nitrogens is 2. The summed E-state index contributed by atoms with van der Waals surface area (Å²) in [7, 11) is 1.91. The van der Waals surface area contributed by atoms with E-state index in [1.807, 2.05) is 32.7 Å². The van der Waals surface area contributed by atoms with Gasteiger partial charge in [0, 0.05) is 13.6 Å². The molecule has 0 saturated heterocycles. The van der Waals surface area contributed by atoms with E-state index < -0.39 is 0 Å². The molecule has 0 unspecified atom stereocenters. The molecule has 0 atom stereocenters. The van der Waals surface area contributed by atoms with Crippen LogP contribution in [0.25, 0.3) is 0 Å². The van der Waals surface area contributed by atoms with E-state index in [1.165, 1.54) is 0 Å². The highest BCUT2D eigenvalue weighted by molar-refractivity contribution is 5.21. The Bertz CT molecular complexity index is 210. The quantitative estimate of drug-likeness (QED) is 0.681. The number of nitrogens with zero attached hydrogens (tertiary/aromatic N) is 3. The molecule has 1 rings (SSSR count). The third kappa shape index (κ3) is 2.90. The van der Waals surface area contributed by atoms with Crippen LogP contribution >= 0.6 is 0 Å². The molecule has 0 aliphatic heterocycles. The molecule has 0 aliphatic rings. The lowest BCUT2D eigenvalue weighted by atomic mass is 10.6. The summed E-state index contributed by atoms with van der Waals surface area (Å²) in [5, 5.41) is 3.66. The standard InChI is InChI=1S/C6H11N3O.C2H6/c1-4-9(3)6-7-5(2)8-10-6;1-2/h4H2,1-3H3;1-2H3. The van der Waals surface area contributed by atoms with Gasteiger partial charge in [-0.25, -0.2) is 0 Å². The van der Waals surface area contributed by atoms with Gasteiger partial charge in [-0.15, -0.1) is 0 Å². The Labute approximate surface area is 73.6 Å². The van der Waals surface area contributed by atoms with E-state index in [9.17, 15) is 0 Å². The van der Waals surface area contributed by atoms with Gasteiger partial charge in [-0.05, 0) is 13.8 Å². The zero-order valence-electron chi connectivity index (χ0n) is 8.46. The van der Waals surface area contributed by atoms with Crippen molar-refractivity contribution in [3.05, 3.63) is 5.82 Å². The predicted molar refractivity (Wildman–Crippen MR) is 49.3 cm³/mol. The molecule has 0 N–H and O–H groups in total. The minimum absolute atomic E-state index is 0.583. The molecule has 4 heteroatoms. The maximum Gasteiger partial charge on any atom is 0.323 e. The second kappa shape index (κ2) is 5.57. The summed E-state index contributed by atoms with van der Waals surface area (Å²) in [5.74, 6) is 0.676. The molecular formula is C8H17N3O. The minimum atomic E-state index is 0.583. The molecule has 0 amide bonds. The van der Waals surface area contributed by atoms with Gasteiger partial charge in [0.25, 0.3) is 0 Å². The maximum atomic E-state index is 4.88. The smallest absolute Gasteiger partial charge is 0.323 e. The maximum absolute atomic E-state index is 4.88. The summed E-state index contributed by atoms with van der Waals surface area (Å²) < 4.78 is 4.88. The number of anilines is 1. The van der Waals surface area contributed by atoms with E-state index >= 15 is 0 Å². The third-order valence-corrected chi connectivity index (χ3v) is 1.32. The van der Waals surface area contributed by atoms with Crippen LogP contribution < -0.4 is 4.90 Å². The fourth-order valence-corrected chi connectivity index (χ4v) is 0.576. The lowest BCUT2D eigenvalue weighted by Gasteiger charge is -2.07. The highest BCUT2D eigenvalue weighted by Gasteiger charge is 2.04. The fraction of sp³-hybridized carbons (Fsp3) is 0.750. The van der Waals surface area contributed by atoms with Crippen LogP contribution in [0.15, 0.2) is 4.52 Å². The monoisotopic (exact) mass is 171 g/mol. The Morgan fingerprint density at radius 3 is 2.33 bits per heavy atom. The summed E-state index contributed by atoms with van der Waals surface area (Å²) >= 11 is 0. The first-order valence-electron chi connectivity index (χ1n) is 4.25. The summed E-state index contributed by atoms with van der Waals surface area (Å²) in [4.78, 5) is 5.92. The minimum Gasteiger partial charge on any atom is -0.328 e. The molecule has 0 spiro atoms. The third-order valence-electron chi connectivity index (χ3n) is 1.32. The van der Waals surface area contributed by atoms with E-state index in [4.69, 9.17) is 4.52 Å². The summed E-state index contributed by atoms with van der Waals surface area (Å²) in [5.41, 5.74) is 0. The highest BCUT2D eigenvalue weighted by Crippen LogP contribution is 2.06. The van der Waals surface area contributed by atoms with Crippen molar-refractivity contribution in [1.29, 1.82) is 0 Å². The molecule has 0 bridgehead atoms. The highest BCUT2D eigenvalue weighted by atomic mass is 16.5. The van der Waals surface area contributed by atoms with Gasteiger partial charge in [-0.1, -0.05) is 19.0 Å². The lowest BCUT2D eigenvalue weighted by Crippen LogP contribution is -2.15. The van der Waals surface area contributed by atoms with Gasteiger partial charge in [0.05, 0.1) is 0 Å². The van der Waals surface area contributed by atoms with Crippen molar-refractivity contribution in [2.45, 2.75) is 27.7 Å². The predicted octanol–water partition coefficient (Wildman–Crippen LogP) is 1.86. The zero-order valence-corrected chi connectivity index (χ0v) is 8.46. The zero-order chi connectivity index (χ0) is 9.56.